The number of aliphatic hydroxyl groups excluding tert-OH is 1. The number of nitrogens with zero attached hydrogens (tertiary/aromatic N) is 4. The van der Waals surface area contributed by atoms with Crippen molar-refractivity contribution in [3.8, 4) is 0 Å². The number of pyridine rings is 1. The highest BCUT2D eigenvalue weighted by Gasteiger charge is 2.19. The van der Waals surface area contributed by atoms with Crippen LogP contribution in [-0.2, 0) is 0 Å². The Morgan fingerprint density at radius 2 is 1.76 bits per heavy atom. The highest BCUT2D eigenvalue weighted by molar-refractivity contribution is 5.78. The molecular weight excluding hydrogens is 321 g/mol. The Morgan fingerprint density at radius 3 is 2.40 bits per heavy atom. The Kier molecular flexibility index (Phi) is 5.45. The van der Waals surface area contributed by atoms with Crippen molar-refractivity contribution in [1.29, 1.82) is 0 Å². The summed E-state index contributed by atoms with van der Waals surface area (Å²) in [5.41, 5.74) is 7.84. The number of guanidine groups is 1. The summed E-state index contributed by atoms with van der Waals surface area (Å²) >= 11 is 0. The van der Waals surface area contributed by atoms with Crippen LogP contribution in [0.25, 0.3) is 0 Å². The van der Waals surface area contributed by atoms with E-state index < -0.39 is 6.10 Å². The fourth-order valence-electron chi connectivity index (χ4n) is 2.82. The molecule has 0 spiro atoms. The number of halogens is 1. The summed E-state index contributed by atoms with van der Waals surface area (Å²) in [6.45, 7) is 3.26. The first-order valence-electron chi connectivity index (χ1n) is 8.27. The lowest BCUT2D eigenvalue weighted by Crippen LogP contribution is -2.51. The lowest BCUT2D eigenvalue weighted by molar-refractivity contribution is 0.186. The van der Waals surface area contributed by atoms with E-state index in [0.717, 1.165) is 37.4 Å². The van der Waals surface area contributed by atoms with Gasteiger partial charge in [-0.15, -0.1) is 0 Å². The maximum atomic E-state index is 13.0. The molecule has 1 aromatic carbocycles. The Hall–Kier alpha value is -2.67. The summed E-state index contributed by atoms with van der Waals surface area (Å²) in [5, 5.41) is 10.1. The number of rotatable bonds is 4. The lowest BCUT2D eigenvalue weighted by atomic mass is 10.1. The third-order valence-electron chi connectivity index (χ3n) is 4.31. The van der Waals surface area contributed by atoms with Gasteiger partial charge in [0.2, 0.25) is 0 Å². The van der Waals surface area contributed by atoms with Crippen molar-refractivity contribution in [1.82, 2.24) is 9.88 Å². The van der Waals surface area contributed by atoms with Gasteiger partial charge in [0.15, 0.2) is 5.96 Å². The topological polar surface area (TPSA) is 78.0 Å². The van der Waals surface area contributed by atoms with Crippen molar-refractivity contribution in [2.45, 2.75) is 6.10 Å². The number of hydrogen-bond donors (Lipinski definition) is 2. The van der Waals surface area contributed by atoms with E-state index in [1.807, 2.05) is 4.90 Å². The zero-order valence-electron chi connectivity index (χ0n) is 13.9. The van der Waals surface area contributed by atoms with Gasteiger partial charge in [-0.05, 0) is 42.0 Å². The number of nitrogens with two attached hydrogens (primary N) is 1. The van der Waals surface area contributed by atoms with E-state index in [-0.39, 0.29) is 12.4 Å². The molecule has 3 rings (SSSR count). The molecule has 6 nitrogen and oxygen atoms in total. The van der Waals surface area contributed by atoms with Crippen LogP contribution < -0.4 is 10.6 Å². The summed E-state index contributed by atoms with van der Waals surface area (Å²) in [6.07, 6.45) is 2.59. The first kappa shape index (κ1) is 17.2. The molecule has 1 atom stereocenters. The Labute approximate surface area is 146 Å². The van der Waals surface area contributed by atoms with Crippen molar-refractivity contribution in [3.05, 3.63) is 60.2 Å². The van der Waals surface area contributed by atoms with Gasteiger partial charge in [-0.2, -0.15) is 0 Å². The molecule has 1 saturated heterocycles. The van der Waals surface area contributed by atoms with Crippen molar-refractivity contribution in [2.75, 3.05) is 37.6 Å². The van der Waals surface area contributed by atoms with Gasteiger partial charge in [0.05, 0.1) is 12.6 Å². The molecule has 132 valence electrons. The maximum absolute atomic E-state index is 13.0. The van der Waals surface area contributed by atoms with Crippen LogP contribution in [0, 0.1) is 5.82 Å². The average molecular weight is 343 g/mol. The molecule has 1 aromatic heterocycles. The Morgan fingerprint density at radius 1 is 1.12 bits per heavy atom. The van der Waals surface area contributed by atoms with Gasteiger partial charge in [0.25, 0.3) is 0 Å². The second-order valence-corrected chi connectivity index (χ2v) is 5.95. The number of piperazine rings is 1. The minimum Gasteiger partial charge on any atom is -0.386 e. The number of anilines is 1. The molecule has 1 aliphatic heterocycles. The molecule has 25 heavy (non-hydrogen) atoms. The molecule has 1 aliphatic rings. The summed E-state index contributed by atoms with van der Waals surface area (Å²) < 4.78 is 13.0. The highest BCUT2D eigenvalue weighted by Crippen LogP contribution is 2.17. The van der Waals surface area contributed by atoms with Crippen molar-refractivity contribution in [2.24, 2.45) is 10.7 Å². The molecule has 0 saturated carbocycles. The third-order valence-corrected chi connectivity index (χ3v) is 4.31. The number of aliphatic hydroxyl groups is 1. The predicted molar refractivity (Wildman–Crippen MR) is 95.9 cm³/mol. The molecule has 7 heteroatoms. The van der Waals surface area contributed by atoms with E-state index in [9.17, 15) is 9.50 Å². The molecule has 0 radical (unpaired) electrons. The van der Waals surface area contributed by atoms with Gasteiger partial charge in [-0.3, -0.25) is 9.98 Å². The van der Waals surface area contributed by atoms with Crippen LogP contribution in [0.4, 0.5) is 10.1 Å². The summed E-state index contributed by atoms with van der Waals surface area (Å²) in [7, 11) is 0. The van der Waals surface area contributed by atoms with Gasteiger partial charge in [-0.25, -0.2) is 4.39 Å². The van der Waals surface area contributed by atoms with Crippen LogP contribution in [-0.4, -0.2) is 53.7 Å². The fourth-order valence-corrected chi connectivity index (χ4v) is 2.82. The molecule has 3 N–H and O–H groups in total. The zero-order chi connectivity index (χ0) is 17.6. The predicted octanol–water partition coefficient (Wildman–Crippen LogP) is 1.39. The number of hydrogen-bond acceptors (Lipinski definition) is 4. The standard InChI is InChI=1S/C18H22FN5O/c19-15-1-3-16(4-2-15)23-9-11-24(12-10-23)18(20)22-13-17(25)14-5-7-21-8-6-14/h1-8,17,25H,9-13H2,(H2,20,22). The van der Waals surface area contributed by atoms with E-state index in [0.29, 0.717) is 5.96 Å². The van der Waals surface area contributed by atoms with Gasteiger partial charge in [0, 0.05) is 44.3 Å². The first-order valence-corrected chi connectivity index (χ1v) is 8.27. The SMILES string of the molecule is NC(=NCC(O)c1ccncc1)N1CCN(c2ccc(F)cc2)CC1. The molecule has 2 aromatic rings. The summed E-state index contributed by atoms with van der Waals surface area (Å²) in [4.78, 5) is 12.4. The summed E-state index contributed by atoms with van der Waals surface area (Å²) in [5.74, 6) is 0.207. The molecule has 2 heterocycles. The highest BCUT2D eigenvalue weighted by atomic mass is 19.1. The fraction of sp³-hybridized carbons (Fsp3) is 0.333. The van der Waals surface area contributed by atoms with Crippen LogP contribution >= 0.6 is 0 Å². The quantitative estimate of drug-likeness (QED) is 0.648. The number of aromatic nitrogens is 1. The molecule has 0 bridgehead atoms. The van der Waals surface area contributed by atoms with Crippen LogP contribution in [0.2, 0.25) is 0 Å². The van der Waals surface area contributed by atoms with Crippen molar-refractivity contribution < 1.29 is 9.50 Å². The van der Waals surface area contributed by atoms with Gasteiger partial charge >= 0.3 is 0 Å². The van der Waals surface area contributed by atoms with Crippen molar-refractivity contribution >= 4 is 11.6 Å². The monoisotopic (exact) mass is 343 g/mol. The van der Waals surface area contributed by atoms with Gasteiger partial charge in [-0.1, -0.05) is 0 Å². The van der Waals surface area contributed by atoms with Crippen LogP contribution in [0.1, 0.15) is 11.7 Å². The minimum atomic E-state index is -0.693. The normalized spacial score (nSPS) is 16.8. The van der Waals surface area contributed by atoms with E-state index in [1.54, 1.807) is 36.7 Å². The minimum absolute atomic E-state index is 0.216. The molecule has 0 amide bonds. The number of aliphatic imine (C=N–C) groups is 1. The lowest BCUT2D eigenvalue weighted by Gasteiger charge is -2.36. The number of benzene rings is 1. The van der Waals surface area contributed by atoms with Crippen molar-refractivity contribution in [3.63, 3.8) is 0 Å². The zero-order valence-corrected chi connectivity index (χ0v) is 13.9. The Bertz CT molecular complexity index is 699. The molecular formula is C18H22FN5O. The third kappa shape index (κ3) is 4.45. The second kappa shape index (κ2) is 7.94. The summed E-state index contributed by atoms with van der Waals surface area (Å²) in [6, 6.07) is 10.0. The van der Waals surface area contributed by atoms with E-state index in [4.69, 9.17) is 5.73 Å². The molecule has 1 unspecified atom stereocenters. The largest absolute Gasteiger partial charge is 0.386 e. The smallest absolute Gasteiger partial charge is 0.191 e. The van der Waals surface area contributed by atoms with E-state index in [2.05, 4.69) is 14.9 Å². The van der Waals surface area contributed by atoms with E-state index >= 15 is 0 Å². The average Bonchev–Trinajstić information content (AvgIpc) is 2.67. The van der Waals surface area contributed by atoms with Gasteiger partial charge < -0.3 is 20.6 Å². The van der Waals surface area contributed by atoms with E-state index in [1.165, 1.54) is 12.1 Å². The van der Waals surface area contributed by atoms with Gasteiger partial charge in [0.1, 0.15) is 5.82 Å². The second-order valence-electron chi connectivity index (χ2n) is 5.95. The van der Waals surface area contributed by atoms with Crippen LogP contribution in [0.3, 0.4) is 0 Å². The molecule has 0 aliphatic carbocycles. The Balaban J connectivity index is 1.52. The maximum Gasteiger partial charge on any atom is 0.191 e. The first-order chi connectivity index (χ1) is 12.1. The van der Waals surface area contributed by atoms with Crippen LogP contribution in [0.5, 0.6) is 0 Å². The van der Waals surface area contributed by atoms with Crippen LogP contribution in [0.15, 0.2) is 53.8 Å². The molecule has 1 fully saturated rings.